The molecule has 106 valence electrons. The van der Waals surface area contributed by atoms with E-state index in [1.807, 2.05) is 39.7 Å². The summed E-state index contributed by atoms with van der Waals surface area (Å²) in [6.45, 7) is 5.73. The maximum atomic E-state index is 12.1. The number of aromatic nitrogens is 3. The number of carbonyl (C=O) groups is 1. The minimum absolute atomic E-state index is 0.166. The van der Waals surface area contributed by atoms with E-state index in [4.69, 9.17) is 4.52 Å². The zero-order chi connectivity index (χ0) is 14.8. The third-order valence-corrected chi connectivity index (χ3v) is 3.14. The lowest BCUT2D eigenvalue weighted by atomic mass is 10.3. The van der Waals surface area contributed by atoms with E-state index in [0.717, 1.165) is 11.0 Å². The molecule has 0 radical (unpaired) electrons. The van der Waals surface area contributed by atoms with Crippen LogP contribution in [0, 0.1) is 6.92 Å². The van der Waals surface area contributed by atoms with Crippen LogP contribution in [-0.2, 0) is 11.3 Å². The molecular weight excluding hydrogens is 268 g/mol. The summed E-state index contributed by atoms with van der Waals surface area (Å²) in [6.07, 6.45) is 3.54. The van der Waals surface area contributed by atoms with Crippen molar-refractivity contribution in [3.05, 3.63) is 49.0 Å². The summed E-state index contributed by atoms with van der Waals surface area (Å²) in [5, 5.41) is 6.45. The van der Waals surface area contributed by atoms with Gasteiger partial charge in [-0.05, 0) is 19.1 Å². The van der Waals surface area contributed by atoms with E-state index < -0.39 is 0 Å². The maximum absolute atomic E-state index is 12.1. The van der Waals surface area contributed by atoms with Gasteiger partial charge in [-0.15, -0.1) is 0 Å². The zero-order valence-electron chi connectivity index (χ0n) is 11.6. The Hall–Kier alpha value is -2.89. The normalized spacial score (nSPS) is 10.7. The van der Waals surface area contributed by atoms with Crippen molar-refractivity contribution in [3.8, 4) is 0 Å². The first-order valence-electron chi connectivity index (χ1n) is 6.52. The molecule has 6 nitrogen and oxygen atoms in total. The summed E-state index contributed by atoms with van der Waals surface area (Å²) in [5.41, 5.74) is 1.96. The third-order valence-electron chi connectivity index (χ3n) is 3.14. The van der Waals surface area contributed by atoms with Gasteiger partial charge in [-0.1, -0.05) is 23.9 Å². The fraction of sp³-hybridized carbons (Fsp3) is 0.133. The summed E-state index contributed by atoms with van der Waals surface area (Å²) in [5.74, 6) is 0.909. The van der Waals surface area contributed by atoms with E-state index >= 15 is 0 Å². The molecule has 0 atom stereocenters. The quantitative estimate of drug-likeness (QED) is 0.744. The molecular formula is C15H15N4O2+. The number of anilines is 1. The number of para-hydroxylation sites is 2. The van der Waals surface area contributed by atoms with Crippen LogP contribution in [0.3, 0.4) is 0 Å². The van der Waals surface area contributed by atoms with Gasteiger partial charge in [0.2, 0.25) is 6.33 Å². The minimum Gasteiger partial charge on any atom is -0.360 e. The van der Waals surface area contributed by atoms with Gasteiger partial charge in [0.25, 0.3) is 5.91 Å². The molecule has 2 aromatic heterocycles. The molecule has 0 aliphatic rings. The van der Waals surface area contributed by atoms with Gasteiger partial charge in [-0.25, -0.2) is 9.13 Å². The smallest absolute Gasteiger partial charge is 0.267 e. The third kappa shape index (κ3) is 2.55. The highest BCUT2D eigenvalue weighted by Gasteiger charge is 2.17. The van der Waals surface area contributed by atoms with Gasteiger partial charge in [0, 0.05) is 6.07 Å². The van der Waals surface area contributed by atoms with Crippen LogP contribution in [0.25, 0.3) is 17.2 Å². The monoisotopic (exact) mass is 283 g/mol. The number of carbonyl (C=O) groups excluding carboxylic acids is 1. The van der Waals surface area contributed by atoms with Crippen molar-refractivity contribution < 1.29 is 13.9 Å². The fourth-order valence-electron chi connectivity index (χ4n) is 2.23. The standard InChI is InChI=1S/C15H14N4O2/c1-3-18-10-19(13-7-5-4-6-12(13)18)9-15(20)16-14-8-11(2)21-17-14/h3-8,10H,1,9H2,2H3/p+1. The Morgan fingerprint density at radius 1 is 1.52 bits per heavy atom. The summed E-state index contributed by atoms with van der Waals surface area (Å²) in [4.78, 5) is 12.1. The number of rotatable bonds is 4. The lowest BCUT2D eigenvalue weighted by Crippen LogP contribution is -2.39. The van der Waals surface area contributed by atoms with Gasteiger partial charge in [-0.2, -0.15) is 0 Å². The van der Waals surface area contributed by atoms with E-state index in [0.29, 0.717) is 11.6 Å². The SMILES string of the molecule is C=Cn1c[n+](CC(=O)Nc2cc(C)on2)c2ccccc21. The van der Waals surface area contributed by atoms with Crippen LogP contribution in [0.1, 0.15) is 5.76 Å². The van der Waals surface area contributed by atoms with E-state index in [2.05, 4.69) is 17.1 Å². The lowest BCUT2D eigenvalue weighted by molar-refractivity contribution is -0.658. The second kappa shape index (κ2) is 5.24. The van der Waals surface area contributed by atoms with Gasteiger partial charge in [-0.3, -0.25) is 4.79 Å². The number of benzene rings is 1. The summed E-state index contributed by atoms with van der Waals surface area (Å²) in [6, 6.07) is 9.50. The van der Waals surface area contributed by atoms with Crippen molar-refractivity contribution >= 4 is 29.0 Å². The number of amides is 1. The van der Waals surface area contributed by atoms with Crippen LogP contribution in [0.5, 0.6) is 0 Å². The first-order valence-corrected chi connectivity index (χ1v) is 6.52. The highest BCUT2D eigenvalue weighted by molar-refractivity contribution is 5.89. The molecule has 1 amide bonds. The molecule has 0 saturated carbocycles. The second-order valence-electron chi connectivity index (χ2n) is 4.69. The van der Waals surface area contributed by atoms with Gasteiger partial charge < -0.3 is 9.84 Å². The van der Waals surface area contributed by atoms with Gasteiger partial charge in [0.1, 0.15) is 5.76 Å². The summed E-state index contributed by atoms with van der Waals surface area (Å²) >= 11 is 0. The maximum Gasteiger partial charge on any atom is 0.267 e. The van der Waals surface area contributed by atoms with E-state index in [1.54, 1.807) is 19.2 Å². The van der Waals surface area contributed by atoms with Crippen LogP contribution in [0.2, 0.25) is 0 Å². The van der Waals surface area contributed by atoms with Crippen LogP contribution >= 0.6 is 0 Å². The van der Waals surface area contributed by atoms with Crippen molar-refractivity contribution in [2.24, 2.45) is 0 Å². The predicted molar refractivity (Wildman–Crippen MR) is 78.4 cm³/mol. The number of fused-ring (bicyclic) bond motifs is 1. The van der Waals surface area contributed by atoms with Crippen molar-refractivity contribution in [3.63, 3.8) is 0 Å². The van der Waals surface area contributed by atoms with Crippen molar-refractivity contribution in [1.82, 2.24) is 9.72 Å². The summed E-state index contributed by atoms with van der Waals surface area (Å²) in [7, 11) is 0. The Morgan fingerprint density at radius 3 is 3.05 bits per heavy atom. The predicted octanol–water partition coefficient (Wildman–Crippen LogP) is 1.96. The molecule has 0 aliphatic carbocycles. The second-order valence-corrected chi connectivity index (χ2v) is 4.69. The molecule has 6 heteroatoms. The highest BCUT2D eigenvalue weighted by atomic mass is 16.5. The Labute approximate surface area is 121 Å². The van der Waals surface area contributed by atoms with Gasteiger partial charge in [0.05, 0.1) is 6.20 Å². The molecule has 2 heterocycles. The molecule has 0 unspecified atom stereocenters. The van der Waals surface area contributed by atoms with Crippen LogP contribution in [0.4, 0.5) is 5.82 Å². The molecule has 0 saturated heterocycles. The average molecular weight is 283 g/mol. The molecule has 0 aliphatic heterocycles. The Bertz CT molecular complexity index is 816. The molecule has 1 aromatic carbocycles. The minimum atomic E-state index is -0.166. The van der Waals surface area contributed by atoms with Gasteiger partial charge in [0.15, 0.2) is 23.4 Å². The molecule has 1 N–H and O–H groups in total. The fourth-order valence-corrected chi connectivity index (χ4v) is 2.23. The molecule has 0 bridgehead atoms. The largest absolute Gasteiger partial charge is 0.360 e. The van der Waals surface area contributed by atoms with E-state index in [9.17, 15) is 4.79 Å². The van der Waals surface area contributed by atoms with Gasteiger partial charge >= 0.3 is 0 Å². The number of hydrogen-bond donors (Lipinski definition) is 1. The molecule has 21 heavy (non-hydrogen) atoms. The Morgan fingerprint density at radius 2 is 2.33 bits per heavy atom. The molecule has 3 rings (SSSR count). The van der Waals surface area contributed by atoms with Crippen molar-refractivity contribution in [2.45, 2.75) is 13.5 Å². The molecule has 0 fully saturated rings. The number of nitrogens with one attached hydrogen (secondary N) is 1. The first-order chi connectivity index (χ1) is 10.2. The van der Waals surface area contributed by atoms with Crippen LogP contribution in [-0.4, -0.2) is 15.6 Å². The zero-order valence-corrected chi connectivity index (χ0v) is 11.6. The Balaban J connectivity index is 1.84. The number of imidazole rings is 1. The lowest BCUT2D eigenvalue weighted by Gasteiger charge is -1.98. The summed E-state index contributed by atoms with van der Waals surface area (Å²) < 4.78 is 8.66. The van der Waals surface area contributed by atoms with E-state index in [-0.39, 0.29) is 12.5 Å². The van der Waals surface area contributed by atoms with E-state index in [1.165, 1.54) is 0 Å². The number of hydrogen-bond acceptors (Lipinski definition) is 3. The van der Waals surface area contributed by atoms with Crippen LogP contribution in [0.15, 0.2) is 47.8 Å². The Kier molecular flexibility index (Phi) is 3.27. The molecule has 0 spiro atoms. The number of aryl methyl sites for hydroxylation is 1. The number of nitrogens with zero attached hydrogens (tertiary/aromatic N) is 3. The first kappa shape index (κ1) is 13.1. The van der Waals surface area contributed by atoms with Crippen molar-refractivity contribution in [1.29, 1.82) is 0 Å². The van der Waals surface area contributed by atoms with Crippen LogP contribution < -0.4 is 9.88 Å². The van der Waals surface area contributed by atoms with Crippen molar-refractivity contribution in [2.75, 3.05) is 5.32 Å². The topological polar surface area (TPSA) is 63.9 Å². The average Bonchev–Trinajstić information content (AvgIpc) is 3.03. The molecule has 3 aromatic rings. The highest BCUT2D eigenvalue weighted by Crippen LogP contribution is 2.11.